The molecule has 2 bridgehead atoms. The van der Waals surface area contributed by atoms with E-state index in [1.807, 2.05) is 0 Å². The molecule has 5 heteroatoms. The molecule has 2 heterocycles. The zero-order chi connectivity index (χ0) is 11.7. The van der Waals surface area contributed by atoms with Crippen LogP contribution in [-0.4, -0.2) is 49.4 Å². The maximum atomic E-state index is 11.8. The van der Waals surface area contributed by atoms with Crippen molar-refractivity contribution >= 4 is 11.8 Å². The first kappa shape index (κ1) is 11.4. The molecule has 3 unspecified atom stereocenters. The van der Waals surface area contributed by atoms with Crippen LogP contribution < -0.4 is 10.6 Å². The summed E-state index contributed by atoms with van der Waals surface area (Å²) < 4.78 is 0. The van der Waals surface area contributed by atoms with Crippen molar-refractivity contribution in [1.82, 2.24) is 15.5 Å². The lowest BCUT2D eigenvalue weighted by atomic mass is 9.88. The van der Waals surface area contributed by atoms with Gasteiger partial charge in [-0.3, -0.25) is 9.59 Å². The summed E-state index contributed by atoms with van der Waals surface area (Å²) in [6, 6.07) is 0.852. The summed E-state index contributed by atoms with van der Waals surface area (Å²) >= 11 is 0. The molecule has 2 aliphatic heterocycles. The summed E-state index contributed by atoms with van der Waals surface area (Å²) in [5.74, 6) is 0.0214. The largest absolute Gasteiger partial charge is 0.347 e. The Bertz CT molecular complexity index is 304. The molecule has 2 fully saturated rings. The van der Waals surface area contributed by atoms with Gasteiger partial charge in [-0.05, 0) is 19.3 Å². The number of hydrogen-bond donors (Lipinski definition) is 2. The second kappa shape index (κ2) is 4.41. The first-order chi connectivity index (χ1) is 7.58. The fourth-order valence-corrected chi connectivity index (χ4v) is 2.57. The molecule has 5 nitrogen and oxygen atoms in total. The molecule has 2 amide bonds. The van der Waals surface area contributed by atoms with E-state index in [2.05, 4.69) is 10.6 Å². The van der Waals surface area contributed by atoms with Crippen LogP contribution >= 0.6 is 0 Å². The zero-order valence-corrected chi connectivity index (χ0v) is 9.82. The summed E-state index contributed by atoms with van der Waals surface area (Å²) in [7, 11) is 3.38. The summed E-state index contributed by atoms with van der Waals surface area (Å²) in [5, 5.41) is 6.13. The van der Waals surface area contributed by atoms with Crippen molar-refractivity contribution in [3.63, 3.8) is 0 Å². The van der Waals surface area contributed by atoms with Crippen LogP contribution in [0.1, 0.15) is 19.3 Å². The number of fused-ring (bicyclic) bond motifs is 2. The van der Waals surface area contributed by atoms with Crippen molar-refractivity contribution < 1.29 is 9.59 Å². The molecule has 90 valence electrons. The molecular weight excluding hydrogens is 206 g/mol. The summed E-state index contributed by atoms with van der Waals surface area (Å²) in [6.07, 6.45) is 3.20. The van der Waals surface area contributed by atoms with Gasteiger partial charge in [0.25, 0.3) is 0 Å². The molecule has 2 N–H and O–H groups in total. The highest BCUT2D eigenvalue weighted by atomic mass is 16.2. The molecule has 0 radical (unpaired) electrons. The van der Waals surface area contributed by atoms with Gasteiger partial charge in [0, 0.05) is 26.2 Å². The fraction of sp³-hybridized carbons (Fsp3) is 0.818. The van der Waals surface area contributed by atoms with Crippen molar-refractivity contribution in [2.75, 3.05) is 20.6 Å². The molecule has 0 aromatic carbocycles. The summed E-state index contributed by atoms with van der Waals surface area (Å²) in [6.45, 7) is 0.111. The summed E-state index contributed by atoms with van der Waals surface area (Å²) in [4.78, 5) is 24.6. The lowest BCUT2D eigenvalue weighted by molar-refractivity contribution is -0.132. The van der Waals surface area contributed by atoms with Crippen LogP contribution in [0.25, 0.3) is 0 Å². The Labute approximate surface area is 95.6 Å². The van der Waals surface area contributed by atoms with Gasteiger partial charge >= 0.3 is 0 Å². The van der Waals surface area contributed by atoms with Gasteiger partial charge in [-0.2, -0.15) is 0 Å². The number of nitrogens with one attached hydrogen (secondary N) is 2. The zero-order valence-electron chi connectivity index (χ0n) is 9.82. The van der Waals surface area contributed by atoms with E-state index in [9.17, 15) is 9.59 Å². The third-order valence-electron chi connectivity index (χ3n) is 3.55. The van der Waals surface area contributed by atoms with Gasteiger partial charge in [-0.1, -0.05) is 0 Å². The van der Waals surface area contributed by atoms with Crippen LogP contribution in [0.15, 0.2) is 0 Å². The molecule has 0 spiro atoms. The molecule has 0 aromatic rings. The Balaban J connectivity index is 1.78. The van der Waals surface area contributed by atoms with Crippen LogP contribution in [0.2, 0.25) is 0 Å². The van der Waals surface area contributed by atoms with Crippen LogP contribution in [0, 0.1) is 5.92 Å². The van der Waals surface area contributed by atoms with E-state index in [4.69, 9.17) is 0 Å². The van der Waals surface area contributed by atoms with Gasteiger partial charge in [0.1, 0.15) is 0 Å². The van der Waals surface area contributed by atoms with E-state index in [0.29, 0.717) is 12.1 Å². The molecule has 2 rings (SSSR count). The normalized spacial score (nSPS) is 31.5. The van der Waals surface area contributed by atoms with Crippen LogP contribution in [0.4, 0.5) is 0 Å². The van der Waals surface area contributed by atoms with Gasteiger partial charge in [-0.15, -0.1) is 0 Å². The van der Waals surface area contributed by atoms with Crippen LogP contribution in [0.3, 0.4) is 0 Å². The van der Waals surface area contributed by atoms with Gasteiger partial charge in [0.15, 0.2) is 0 Å². The maximum Gasteiger partial charge on any atom is 0.241 e. The predicted molar refractivity (Wildman–Crippen MR) is 59.8 cm³/mol. The van der Waals surface area contributed by atoms with E-state index in [0.717, 1.165) is 12.8 Å². The molecule has 0 aromatic heterocycles. The quantitative estimate of drug-likeness (QED) is 0.670. The first-order valence-corrected chi connectivity index (χ1v) is 5.82. The van der Waals surface area contributed by atoms with Crippen molar-refractivity contribution in [1.29, 1.82) is 0 Å². The van der Waals surface area contributed by atoms with Crippen LogP contribution in [-0.2, 0) is 9.59 Å². The van der Waals surface area contributed by atoms with Crippen molar-refractivity contribution in [3.05, 3.63) is 0 Å². The number of rotatable bonds is 3. The maximum absolute atomic E-state index is 11.8. The average molecular weight is 225 g/mol. The average Bonchev–Trinajstić information content (AvgIpc) is 2.86. The van der Waals surface area contributed by atoms with Gasteiger partial charge < -0.3 is 15.5 Å². The first-order valence-electron chi connectivity index (χ1n) is 5.82. The summed E-state index contributed by atoms with van der Waals surface area (Å²) in [5.41, 5.74) is 0. The number of carbonyl (C=O) groups excluding carboxylic acids is 2. The number of nitrogens with zero attached hydrogens (tertiary/aromatic N) is 1. The highest BCUT2D eigenvalue weighted by molar-refractivity contribution is 5.86. The van der Waals surface area contributed by atoms with E-state index in [1.54, 1.807) is 14.1 Å². The highest BCUT2D eigenvalue weighted by Crippen LogP contribution is 2.33. The molecule has 3 atom stereocenters. The lowest BCUT2D eigenvalue weighted by Crippen LogP contribution is -2.42. The van der Waals surface area contributed by atoms with Crippen molar-refractivity contribution in [3.8, 4) is 0 Å². The lowest BCUT2D eigenvalue weighted by Gasteiger charge is -2.19. The Morgan fingerprint density at radius 1 is 1.38 bits per heavy atom. The van der Waals surface area contributed by atoms with Gasteiger partial charge in [-0.25, -0.2) is 0 Å². The van der Waals surface area contributed by atoms with Crippen LogP contribution in [0.5, 0.6) is 0 Å². The SMILES string of the molecule is CN(C)C(=O)CNC(=O)C1CC2CCC1N2. The van der Waals surface area contributed by atoms with E-state index in [-0.39, 0.29) is 24.3 Å². The molecule has 2 saturated heterocycles. The van der Waals surface area contributed by atoms with E-state index in [1.165, 1.54) is 11.3 Å². The van der Waals surface area contributed by atoms with Crippen molar-refractivity contribution in [2.24, 2.45) is 5.92 Å². The number of amides is 2. The minimum Gasteiger partial charge on any atom is -0.347 e. The third-order valence-corrected chi connectivity index (χ3v) is 3.55. The minimum atomic E-state index is -0.0653. The van der Waals surface area contributed by atoms with Gasteiger partial charge in [0.2, 0.25) is 11.8 Å². The molecular formula is C11H19N3O2. The Kier molecular flexibility index (Phi) is 3.14. The molecule has 0 aliphatic carbocycles. The Morgan fingerprint density at radius 3 is 2.62 bits per heavy atom. The van der Waals surface area contributed by atoms with E-state index >= 15 is 0 Å². The predicted octanol–water partition coefficient (Wildman–Crippen LogP) is -0.669. The fourth-order valence-electron chi connectivity index (χ4n) is 2.57. The Morgan fingerprint density at radius 2 is 2.12 bits per heavy atom. The second-order valence-corrected chi connectivity index (χ2v) is 4.90. The smallest absolute Gasteiger partial charge is 0.241 e. The highest BCUT2D eigenvalue weighted by Gasteiger charge is 2.42. The standard InChI is InChI=1S/C11H19N3O2/c1-14(2)10(15)6-12-11(16)8-5-7-3-4-9(8)13-7/h7-9,13H,3-6H2,1-2H3,(H,12,16). The molecule has 0 saturated carbocycles. The van der Waals surface area contributed by atoms with Crippen molar-refractivity contribution in [2.45, 2.75) is 31.3 Å². The number of carbonyl (C=O) groups is 2. The molecule has 16 heavy (non-hydrogen) atoms. The topological polar surface area (TPSA) is 61.4 Å². The van der Waals surface area contributed by atoms with E-state index < -0.39 is 0 Å². The molecule has 2 aliphatic rings. The number of hydrogen-bond acceptors (Lipinski definition) is 3. The Hall–Kier alpha value is -1.10. The monoisotopic (exact) mass is 225 g/mol. The van der Waals surface area contributed by atoms with Gasteiger partial charge in [0.05, 0.1) is 12.5 Å². The second-order valence-electron chi connectivity index (χ2n) is 4.90. The third kappa shape index (κ3) is 2.19. The minimum absolute atomic E-state index is 0.0231. The number of likely N-dealkylation sites (N-methyl/N-ethyl adjacent to an activating group) is 1.